The largest absolute Gasteiger partial charge is 0.508 e. The van der Waals surface area contributed by atoms with Gasteiger partial charge in [0.25, 0.3) is 0 Å². The molecule has 1 aliphatic rings. The molecular weight excluding hydrogens is 328 g/mol. The summed E-state index contributed by atoms with van der Waals surface area (Å²) in [6, 6.07) is 13.8. The van der Waals surface area contributed by atoms with Crippen LogP contribution in [0.1, 0.15) is 6.42 Å². The van der Waals surface area contributed by atoms with Gasteiger partial charge in [-0.1, -0.05) is 35.7 Å². The van der Waals surface area contributed by atoms with Gasteiger partial charge in [0.05, 0.1) is 0 Å². The van der Waals surface area contributed by atoms with Crippen LogP contribution in [0.15, 0.2) is 81.5 Å². The van der Waals surface area contributed by atoms with E-state index in [4.69, 9.17) is 0 Å². The van der Waals surface area contributed by atoms with Crippen LogP contribution in [-0.2, 0) is 0 Å². The molecule has 0 heterocycles. The summed E-state index contributed by atoms with van der Waals surface area (Å²) in [6.07, 6.45) is 6.32. The molecule has 1 aliphatic carbocycles. The van der Waals surface area contributed by atoms with Gasteiger partial charge < -0.3 is 15.3 Å². The van der Waals surface area contributed by atoms with Crippen molar-refractivity contribution in [2.75, 3.05) is 0 Å². The second-order valence-electron chi connectivity index (χ2n) is 5.19. The predicted molar refractivity (Wildman–Crippen MR) is 94.7 cm³/mol. The monoisotopic (exact) mass is 344 g/mol. The smallest absolute Gasteiger partial charge is 0.138 e. The van der Waals surface area contributed by atoms with Crippen LogP contribution in [0.5, 0.6) is 11.5 Å². The number of hydrogen-bond donors (Lipinski definition) is 3. The molecule has 2 aromatic carbocycles. The normalized spacial score (nSPS) is 20.3. The highest BCUT2D eigenvalue weighted by molar-refractivity contribution is 8.03. The third kappa shape index (κ3) is 4.34. The number of phenolic OH excluding ortho intramolecular Hbond substituents is 2. The molecule has 23 heavy (non-hydrogen) atoms. The van der Waals surface area contributed by atoms with Gasteiger partial charge in [-0.25, -0.2) is 0 Å². The molecule has 0 spiro atoms. The van der Waals surface area contributed by atoms with Crippen molar-refractivity contribution in [1.82, 2.24) is 0 Å². The number of aromatic hydroxyl groups is 2. The molecule has 118 valence electrons. The Morgan fingerprint density at radius 2 is 1.39 bits per heavy atom. The Balaban J connectivity index is 1.75. The highest BCUT2D eigenvalue weighted by Crippen LogP contribution is 2.41. The Morgan fingerprint density at radius 1 is 0.826 bits per heavy atom. The van der Waals surface area contributed by atoms with E-state index in [0.717, 1.165) is 14.7 Å². The minimum Gasteiger partial charge on any atom is -0.508 e. The van der Waals surface area contributed by atoms with E-state index >= 15 is 0 Å². The fraction of sp³-hybridized carbons (Fsp3) is 0.111. The molecule has 3 N–H and O–H groups in total. The number of hydrogen-bond acceptors (Lipinski definition) is 5. The van der Waals surface area contributed by atoms with Crippen LogP contribution < -0.4 is 0 Å². The average molecular weight is 344 g/mol. The molecule has 3 nitrogen and oxygen atoms in total. The molecule has 1 unspecified atom stereocenters. The van der Waals surface area contributed by atoms with Crippen LogP contribution in [0, 0.1) is 0 Å². The van der Waals surface area contributed by atoms with Gasteiger partial charge in [0.1, 0.15) is 16.4 Å². The minimum atomic E-state index is -1.01. The fourth-order valence-corrected chi connectivity index (χ4v) is 4.26. The number of aliphatic hydroxyl groups is 1. The van der Waals surface area contributed by atoms with Gasteiger partial charge in [0.2, 0.25) is 0 Å². The van der Waals surface area contributed by atoms with Crippen molar-refractivity contribution in [3.63, 3.8) is 0 Å². The van der Waals surface area contributed by atoms with E-state index in [-0.39, 0.29) is 11.5 Å². The van der Waals surface area contributed by atoms with E-state index in [1.165, 1.54) is 23.5 Å². The number of phenols is 2. The van der Waals surface area contributed by atoms with Gasteiger partial charge in [-0.3, -0.25) is 0 Å². The molecule has 0 bridgehead atoms. The zero-order valence-electron chi connectivity index (χ0n) is 12.2. The van der Waals surface area contributed by atoms with Gasteiger partial charge in [0.15, 0.2) is 0 Å². The Labute approximate surface area is 143 Å². The van der Waals surface area contributed by atoms with Crippen molar-refractivity contribution in [3.05, 3.63) is 71.7 Å². The first-order chi connectivity index (χ1) is 11.0. The molecule has 0 fully saturated rings. The summed E-state index contributed by atoms with van der Waals surface area (Å²) in [5.41, 5.74) is 0. The molecule has 0 aliphatic heterocycles. The van der Waals surface area contributed by atoms with Crippen LogP contribution >= 0.6 is 23.5 Å². The topological polar surface area (TPSA) is 60.7 Å². The summed E-state index contributed by atoms with van der Waals surface area (Å²) >= 11 is 2.89. The molecule has 0 amide bonds. The van der Waals surface area contributed by atoms with E-state index < -0.39 is 4.93 Å². The number of thioether (sulfide) groups is 2. The molecular formula is C18H16O3S2. The lowest BCUT2D eigenvalue weighted by Crippen LogP contribution is -2.22. The van der Waals surface area contributed by atoms with E-state index in [2.05, 4.69) is 0 Å². The van der Waals surface area contributed by atoms with Crippen LogP contribution in [0.3, 0.4) is 0 Å². The van der Waals surface area contributed by atoms with Crippen LogP contribution in [0.25, 0.3) is 0 Å². The lowest BCUT2D eigenvalue weighted by molar-refractivity contribution is 0.189. The number of allylic oxidation sites excluding steroid dienone is 1. The second-order valence-corrected chi connectivity index (χ2v) is 7.72. The molecule has 5 heteroatoms. The maximum Gasteiger partial charge on any atom is 0.138 e. The van der Waals surface area contributed by atoms with Gasteiger partial charge in [-0.2, -0.15) is 0 Å². The molecule has 0 radical (unpaired) electrons. The molecule has 1 atom stereocenters. The van der Waals surface area contributed by atoms with Crippen LogP contribution in [0.2, 0.25) is 0 Å². The van der Waals surface area contributed by atoms with E-state index in [1.54, 1.807) is 36.4 Å². The van der Waals surface area contributed by atoms with Crippen molar-refractivity contribution in [3.8, 4) is 11.5 Å². The first kappa shape index (κ1) is 16.1. The highest BCUT2D eigenvalue weighted by atomic mass is 32.2. The third-order valence-corrected chi connectivity index (χ3v) is 5.41. The Hall–Kier alpha value is -1.82. The van der Waals surface area contributed by atoms with Gasteiger partial charge >= 0.3 is 0 Å². The van der Waals surface area contributed by atoms with Gasteiger partial charge in [-0.05, 0) is 54.6 Å². The van der Waals surface area contributed by atoms with Crippen molar-refractivity contribution >= 4 is 23.5 Å². The third-order valence-electron chi connectivity index (χ3n) is 3.26. The number of benzene rings is 2. The van der Waals surface area contributed by atoms with Crippen molar-refractivity contribution in [1.29, 1.82) is 0 Å². The zero-order chi connectivity index (χ0) is 16.3. The maximum atomic E-state index is 10.8. The molecule has 3 rings (SSSR count). The Morgan fingerprint density at radius 3 is 2.00 bits per heavy atom. The predicted octanol–water partition coefficient (Wildman–Crippen LogP) is 4.51. The highest BCUT2D eigenvalue weighted by Gasteiger charge is 2.27. The first-order valence-electron chi connectivity index (χ1n) is 7.09. The summed E-state index contributed by atoms with van der Waals surface area (Å²) < 4.78 is 0. The summed E-state index contributed by atoms with van der Waals surface area (Å²) in [5, 5.41) is 29.5. The van der Waals surface area contributed by atoms with Gasteiger partial charge in [0, 0.05) is 21.1 Å². The summed E-state index contributed by atoms with van der Waals surface area (Å²) in [4.78, 5) is 1.84. The summed E-state index contributed by atoms with van der Waals surface area (Å²) in [6.45, 7) is 0. The summed E-state index contributed by atoms with van der Waals surface area (Å²) in [5.74, 6) is 0.450. The first-order valence-corrected chi connectivity index (χ1v) is 8.72. The second kappa shape index (κ2) is 6.74. The molecule has 2 aromatic rings. The van der Waals surface area contributed by atoms with Gasteiger partial charge in [-0.15, -0.1) is 0 Å². The van der Waals surface area contributed by atoms with Crippen LogP contribution in [-0.4, -0.2) is 20.3 Å². The number of rotatable bonds is 4. The van der Waals surface area contributed by atoms with E-state index in [0.29, 0.717) is 6.42 Å². The summed E-state index contributed by atoms with van der Waals surface area (Å²) in [7, 11) is 0. The van der Waals surface area contributed by atoms with Crippen molar-refractivity contribution in [2.24, 2.45) is 0 Å². The van der Waals surface area contributed by atoms with E-state index in [9.17, 15) is 15.3 Å². The van der Waals surface area contributed by atoms with Crippen molar-refractivity contribution < 1.29 is 15.3 Å². The lowest BCUT2D eigenvalue weighted by atomic mass is 10.1. The maximum absolute atomic E-state index is 10.8. The van der Waals surface area contributed by atoms with E-state index in [1.807, 2.05) is 30.4 Å². The lowest BCUT2D eigenvalue weighted by Gasteiger charge is -2.26. The Bertz CT molecular complexity index is 736. The minimum absolute atomic E-state index is 0.212. The molecule has 0 saturated carbocycles. The quantitative estimate of drug-likeness (QED) is 0.712. The standard InChI is InChI=1S/C18H16O3S2/c19-13-3-7-15(8-4-13)22-17-2-1-11-18(21,12-17)23-16-9-5-14(20)6-10-16/h1-10,12,19-21H,11H2. The average Bonchev–Trinajstić information content (AvgIpc) is 2.52. The zero-order valence-corrected chi connectivity index (χ0v) is 13.8. The SMILES string of the molecule is Oc1ccc(SC2=CC(O)(Sc3ccc(O)cc3)CC=C2)cc1. The fourth-order valence-electron chi connectivity index (χ4n) is 2.18. The molecule has 0 aromatic heterocycles. The molecule has 0 saturated heterocycles. The van der Waals surface area contributed by atoms with Crippen LogP contribution in [0.4, 0.5) is 0 Å². The van der Waals surface area contributed by atoms with Crippen molar-refractivity contribution in [2.45, 2.75) is 21.1 Å². The Kier molecular flexibility index (Phi) is 4.71.